The molecule has 2 nitrogen and oxygen atoms in total. The highest BCUT2D eigenvalue weighted by atomic mass is 35.5. The minimum atomic E-state index is -0.519. The van der Waals surface area contributed by atoms with Crippen LogP contribution in [0.5, 0.6) is 0 Å². The van der Waals surface area contributed by atoms with Gasteiger partial charge in [0.25, 0.3) is 0 Å². The lowest BCUT2D eigenvalue weighted by Gasteiger charge is -2.11. The van der Waals surface area contributed by atoms with Gasteiger partial charge in [0.05, 0.1) is 19.3 Å². The van der Waals surface area contributed by atoms with Gasteiger partial charge in [-0.1, -0.05) is 42.5 Å². The van der Waals surface area contributed by atoms with Gasteiger partial charge in [0.1, 0.15) is 0 Å². The molecule has 1 atom stereocenters. The van der Waals surface area contributed by atoms with Gasteiger partial charge in [-0.05, 0) is 12.0 Å². The summed E-state index contributed by atoms with van der Waals surface area (Å²) < 4.78 is 5.39. The zero-order valence-electron chi connectivity index (χ0n) is 9.23. The highest BCUT2D eigenvalue weighted by Crippen LogP contribution is 2.07. The molecule has 88 valence electrons. The van der Waals surface area contributed by atoms with Gasteiger partial charge in [0.15, 0.2) is 0 Å². The predicted molar refractivity (Wildman–Crippen MR) is 66.6 cm³/mol. The minimum absolute atomic E-state index is 0.310. The van der Waals surface area contributed by atoms with Gasteiger partial charge in [0, 0.05) is 5.88 Å². The number of halogens is 1. The topological polar surface area (TPSA) is 29.5 Å². The molecule has 0 spiro atoms. The summed E-state index contributed by atoms with van der Waals surface area (Å²) in [6, 6.07) is 9.87. The molecule has 0 bridgehead atoms. The molecule has 3 heteroatoms. The van der Waals surface area contributed by atoms with Crippen molar-refractivity contribution in [1.29, 1.82) is 0 Å². The van der Waals surface area contributed by atoms with Crippen molar-refractivity contribution >= 4 is 11.6 Å². The van der Waals surface area contributed by atoms with Crippen LogP contribution in [0.15, 0.2) is 42.5 Å². The van der Waals surface area contributed by atoms with Crippen LogP contribution in [0.4, 0.5) is 0 Å². The predicted octanol–water partition coefficient (Wildman–Crippen LogP) is 2.75. The van der Waals surface area contributed by atoms with E-state index < -0.39 is 6.10 Å². The van der Waals surface area contributed by atoms with Gasteiger partial charge >= 0.3 is 0 Å². The Kier molecular flexibility index (Phi) is 6.16. The first-order chi connectivity index (χ1) is 7.72. The Hall–Kier alpha value is -0.830. The molecule has 0 aliphatic carbocycles. The standard InChI is InChI=1S/C13H17ClO2/c1-11(8-14)7-13(15)10-16-9-12-5-3-2-4-6-12/h2-6,13,15H,1,7-10H2/t13-/m0/s1. The van der Waals surface area contributed by atoms with Gasteiger partial charge in [-0.15, -0.1) is 11.6 Å². The molecule has 0 amide bonds. The van der Waals surface area contributed by atoms with E-state index in [1.807, 2.05) is 30.3 Å². The smallest absolute Gasteiger partial charge is 0.0811 e. The van der Waals surface area contributed by atoms with Crippen molar-refractivity contribution in [1.82, 2.24) is 0 Å². The van der Waals surface area contributed by atoms with Crippen molar-refractivity contribution in [3.8, 4) is 0 Å². The van der Waals surface area contributed by atoms with E-state index in [0.29, 0.717) is 25.5 Å². The number of rotatable bonds is 7. The number of alkyl halides is 1. The molecule has 0 aromatic heterocycles. The zero-order valence-corrected chi connectivity index (χ0v) is 9.99. The minimum Gasteiger partial charge on any atom is -0.390 e. The molecule has 0 aliphatic rings. The Bertz CT molecular complexity index is 311. The summed E-state index contributed by atoms with van der Waals surface area (Å²) in [5.74, 6) is 0.385. The van der Waals surface area contributed by atoms with E-state index in [-0.39, 0.29) is 0 Å². The Morgan fingerprint density at radius 1 is 1.38 bits per heavy atom. The molecule has 1 aromatic carbocycles. The van der Waals surface area contributed by atoms with Crippen molar-refractivity contribution in [2.24, 2.45) is 0 Å². The van der Waals surface area contributed by atoms with Crippen LogP contribution >= 0.6 is 11.6 Å². The van der Waals surface area contributed by atoms with Crippen LogP contribution in [0.25, 0.3) is 0 Å². The van der Waals surface area contributed by atoms with Crippen molar-refractivity contribution in [3.63, 3.8) is 0 Å². The van der Waals surface area contributed by atoms with Crippen LogP contribution in [-0.2, 0) is 11.3 Å². The molecular formula is C13H17ClO2. The molecule has 1 aromatic rings. The Labute approximate surface area is 102 Å². The highest BCUT2D eigenvalue weighted by molar-refractivity contribution is 6.19. The fourth-order valence-electron chi connectivity index (χ4n) is 1.33. The average molecular weight is 241 g/mol. The Morgan fingerprint density at radius 2 is 2.06 bits per heavy atom. The fourth-order valence-corrected chi connectivity index (χ4v) is 1.44. The van der Waals surface area contributed by atoms with E-state index in [4.69, 9.17) is 16.3 Å². The van der Waals surface area contributed by atoms with Crippen LogP contribution in [-0.4, -0.2) is 23.7 Å². The first-order valence-electron chi connectivity index (χ1n) is 5.24. The lowest BCUT2D eigenvalue weighted by atomic mass is 10.1. The second-order valence-corrected chi connectivity index (χ2v) is 4.01. The second-order valence-electron chi connectivity index (χ2n) is 3.74. The molecule has 1 rings (SSSR count). The number of ether oxygens (including phenoxy) is 1. The van der Waals surface area contributed by atoms with Crippen LogP contribution < -0.4 is 0 Å². The summed E-state index contributed by atoms with van der Waals surface area (Å²) in [7, 11) is 0. The van der Waals surface area contributed by atoms with Gasteiger partial charge in [0.2, 0.25) is 0 Å². The summed E-state index contributed by atoms with van der Waals surface area (Å²) in [6.45, 7) is 4.56. The Balaban J connectivity index is 2.18. The van der Waals surface area contributed by atoms with Gasteiger partial charge < -0.3 is 9.84 Å². The first-order valence-corrected chi connectivity index (χ1v) is 5.78. The van der Waals surface area contributed by atoms with E-state index in [1.165, 1.54) is 0 Å². The van der Waals surface area contributed by atoms with E-state index in [9.17, 15) is 5.11 Å². The van der Waals surface area contributed by atoms with E-state index >= 15 is 0 Å². The number of aliphatic hydroxyl groups excluding tert-OH is 1. The number of aliphatic hydroxyl groups is 1. The molecule has 0 saturated carbocycles. The lowest BCUT2D eigenvalue weighted by Crippen LogP contribution is -2.16. The lowest BCUT2D eigenvalue weighted by molar-refractivity contribution is 0.0290. The summed E-state index contributed by atoms with van der Waals surface area (Å²) in [4.78, 5) is 0. The van der Waals surface area contributed by atoms with Crippen LogP contribution in [0.1, 0.15) is 12.0 Å². The maximum absolute atomic E-state index is 9.58. The third kappa shape index (κ3) is 5.31. The largest absolute Gasteiger partial charge is 0.390 e. The maximum atomic E-state index is 9.58. The molecule has 0 saturated heterocycles. The average Bonchev–Trinajstić information content (AvgIpc) is 2.30. The van der Waals surface area contributed by atoms with Crippen molar-refractivity contribution in [3.05, 3.63) is 48.0 Å². The monoisotopic (exact) mass is 240 g/mol. The SMILES string of the molecule is C=C(CCl)C[C@H](O)COCc1ccccc1. The molecule has 0 fully saturated rings. The molecule has 1 N–H and O–H groups in total. The summed E-state index contributed by atoms with van der Waals surface area (Å²) in [5.41, 5.74) is 1.93. The molecule has 0 heterocycles. The number of hydrogen-bond acceptors (Lipinski definition) is 2. The maximum Gasteiger partial charge on any atom is 0.0811 e. The normalized spacial score (nSPS) is 12.4. The number of benzene rings is 1. The van der Waals surface area contributed by atoms with E-state index in [0.717, 1.165) is 11.1 Å². The zero-order chi connectivity index (χ0) is 11.8. The van der Waals surface area contributed by atoms with Gasteiger partial charge in [-0.25, -0.2) is 0 Å². The van der Waals surface area contributed by atoms with Crippen molar-refractivity contribution in [2.75, 3.05) is 12.5 Å². The van der Waals surface area contributed by atoms with Crippen LogP contribution in [0.2, 0.25) is 0 Å². The second kappa shape index (κ2) is 7.44. The molecule has 0 unspecified atom stereocenters. The van der Waals surface area contributed by atoms with Crippen molar-refractivity contribution < 1.29 is 9.84 Å². The van der Waals surface area contributed by atoms with Gasteiger partial charge in [-0.3, -0.25) is 0 Å². The summed E-state index contributed by atoms with van der Waals surface area (Å²) in [5, 5.41) is 9.58. The Morgan fingerprint density at radius 3 is 2.69 bits per heavy atom. The molecule has 16 heavy (non-hydrogen) atoms. The third-order valence-corrected chi connectivity index (χ3v) is 2.51. The number of hydrogen-bond donors (Lipinski definition) is 1. The third-order valence-electron chi connectivity index (χ3n) is 2.14. The van der Waals surface area contributed by atoms with E-state index in [2.05, 4.69) is 6.58 Å². The van der Waals surface area contributed by atoms with Crippen molar-refractivity contribution in [2.45, 2.75) is 19.1 Å². The van der Waals surface area contributed by atoms with Crippen LogP contribution in [0.3, 0.4) is 0 Å². The van der Waals surface area contributed by atoms with E-state index in [1.54, 1.807) is 0 Å². The molecular weight excluding hydrogens is 224 g/mol. The summed E-state index contributed by atoms with van der Waals surface area (Å²) >= 11 is 5.57. The summed E-state index contributed by atoms with van der Waals surface area (Å²) in [6.07, 6.45) is -0.0203. The molecule has 0 radical (unpaired) electrons. The van der Waals surface area contributed by atoms with Gasteiger partial charge in [-0.2, -0.15) is 0 Å². The first kappa shape index (κ1) is 13.2. The van der Waals surface area contributed by atoms with Crippen LogP contribution in [0, 0.1) is 0 Å². The molecule has 0 aliphatic heterocycles. The quantitative estimate of drug-likeness (QED) is 0.587. The highest BCUT2D eigenvalue weighted by Gasteiger charge is 2.06. The fraction of sp³-hybridized carbons (Fsp3) is 0.385.